The molecule has 0 saturated carbocycles. The Labute approximate surface area is 178 Å². The highest BCUT2D eigenvalue weighted by Gasteiger charge is 2.30. The first kappa shape index (κ1) is 18.5. The third-order valence-corrected chi connectivity index (χ3v) is 6.25. The maximum Gasteiger partial charge on any atom is 0.146 e. The van der Waals surface area contributed by atoms with Crippen LogP contribution in [0.1, 0.15) is 40.7 Å². The third kappa shape index (κ3) is 3.06. The Balaban J connectivity index is 1.57. The number of thiazole rings is 1. The van der Waals surface area contributed by atoms with Crippen LogP contribution in [0.3, 0.4) is 0 Å². The molecule has 0 aromatic carbocycles. The summed E-state index contributed by atoms with van der Waals surface area (Å²) < 4.78 is 4.37. The normalized spacial score (nSPS) is 14.3. The van der Waals surface area contributed by atoms with Crippen molar-refractivity contribution in [2.24, 2.45) is 0 Å². The van der Waals surface area contributed by atoms with Gasteiger partial charge in [-0.25, -0.2) is 19.9 Å². The summed E-state index contributed by atoms with van der Waals surface area (Å²) in [6.45, 7) is 4.42. The topological polar surface area (TPSA) is 88.4 Å². The molecule has 0 amide bonds. The van der Waals surface area contributed by atoms with Gasteiger partial charge in [0.25, 0.3) is 0 Å². The smallest absolute Gasteiger partial charge is 0.146 e. The maximum atomic E-state index is 9.46. The Bertz CT molecular complexity index is 1150. The molecule has 5 heterocycles. The van der Waals surface area contributed by atoms with Crippen LogP contribution in [0.15, 0.2) is 48.6 Å². The van der Waals surface area contributed by atoms with Crippen LogP contribution in [0.5, 0.6) is 0 Å². The van der Waals surface area contributed by atoms with Gasteiger partial charge in [-0.05, 0) is 19.1 Å². The zero-order valence-electron chi connectivity index (χ0n) is 16.5. The fourth-order valence-corrected chi connectivity index (χ4v) is 4.84. The van der Waals surface area contributed by atoms with Crippen molar-refractivity contribution in [3.8, 4) is 6.07 Å². The van der Waals surface area contributed by atoms with Crippen LogP contribution in [0.25, 0.3) is 0 Å². The molecule has 1 aliphatic heterocycles. The van der Waals surface area contributed by atoms with E-state index in [0.717, 1.165) is 41.9 Å². The number of imidazole rings is 2. The summed E-state index contributed by atoms with van der Waals surface area (Å²) in [5.41, 5.74) is 2.88. The Morgan fingerprint density at radius 1 is 1.27 bits per heavy atom. The fourth-order valence-electron chi connectivity index (χ4n) is 4.11. The standard InChI is InChI=1S/C21H20N8S/c1-2-29-17-5-9-27(19-15(12-22)4-3-6-24-19)13-16(17)26-20(29)18(21-25-8-11-30-21)28-10-7-23-14-28/h3-4,6-8,10-11,14,18H,2,5,9,13H2,1H3. The molecule has 0 fully saturated rings. The molecule has 5 rings (SSSR count). The fraction of sp³-hybridized carbons (Fsp3) is 0.286. The average Bonchev–Trinajstić information content (AvgIpc) is 3.55. The van der Waals surface area contributed by atoms with Crippen molar-refractivity contribution in [1.29, 1.82) is 5.26 Å². The number of nitrogens with zero attached hydrogens (tertiary/aromatic N) is 8. The van der Waals surface area contributed by atoms with Gasteiger partial charge < -0.3 is 14.0 Å². The van der Waals surface area contributed by atoms with E-state index < -0.39 is 0 Å². The molecule has 0 saturated heterocycles. The van der Waals surface area contributed by atoms with E-state index in [1.165, 1.54) is 5.69 Å². The molecule has 0 spiro atoms. The molecule has 8 nitrogen and oxygen atoms in total. The predicted octanol–water partition coefficient (Wildman–Crippen LogP) is 3.02. The lowest BCUT2D eigenvalue weighted by molar-refractivity contribution is 0.566. The molecule has 4 aromatic rings. The quantitative estimate of drug-likeness (QED) is 0.497. The minimum atomic E-state index is -0.115. The highest BCUT2D eigenvalue weighted by Crippen LogP contribution is 2.32. The van der Waals surface area contributed by atoms with Gasteiger partial charge in [-0.1, -0.05) is 0 Å². The highest BCUT2D eigenvalue weighted by molar-refractivity contribution is 7.09. The molecule has 1 atom stereocenters. The van der Waals surface area contributed by atoms with Crippen molar-refractivity contribution in [2.75, 3.05) is 11.4 Å². The maximum absolute atomic E-state index is 9.46. The molecule has 9 heteroatoms. The van der Waals surface area contributed by atoms with Gasteiger partial charge in [-0.3, -0.25) is 0 Å². The van der Waals surface area contributed by atoms with Crippen molar-refractivity contribution in [1.82, 2.24) is 29.1 Å². The van der Waals surface area contributed by atoms with Crippen molar-refractivity contribution in [3.63, 3.8) is 0 Å². The number of hydrogen-bond donors (Lipinski definition) is 0. The van der Waals surface area contributed by atoms with E-state index in [-0.39, 0.29) is 6.04 Å². The number of fused-ring (bicyclic) bond motifs is 1. The lowest BCUT2D eigenvalue weighted by Gasteiger charge is -2.28. The third-order valence-electron chi connectivity index (χ3n) is 5.42. The number of hydrogen-bond acceptors (Lipinski definition) is 7. The summed E-state index contributed by atoms with van der Waals surface area (Å²) in [5, 5.41) is 12.4. The van der Waals surface area contributed by atoms with Crippen LogP contribution in [0.4, 0.5) is 5.82 Å². The van der Waals surface area contributed by atoms with E-state index in [1.54, 1.807) is 29.8 Å². The Hall–Kier alpha value is -3.51. The first-order valence-corrected chi connectivity index (χ1v) is 10.7. The summed E-state index contributed by atoms with van der Waals surface area (Å²) >= 11 is 1.62. The number of rotatable bonds is 5. The monoisotopic (exact) mass is 416 g/mol. The number of anilines is 1. The van der Waals surface area contributed by atoms with Gasteiger partial charge in [-0.15, -0.1) is 11.3 Å². The number of nitriles is 1. The van der Waals surface area contributed by atoms with Crippen LogP contribution in [0, 0.1) is 11.3 Å². The predicted molar refractivity (Wildman–Crippen MR) is 113 cm³/mol. The molecular formula is C21H20N8S. The minimum Gasteiger partial charge on any atom is -0.349 e. The molecule has 0 radical (unpaired) electrons. The summed E-state index contributed by atoms with van der Waals surface area (Å²) in [6, 6.07) is 5.75. The first-order valence-electron chi connectivity index (χ1n) is 9.85. The van der Waals surface area contributed by atoms with Gasteiger partial charge in [0, 0.05) is 55.4 Å². The van der Waals surface area contributed by atoms with Gasteiger partial charge >= 0.3 is 0 Å². The molecule has 1 unspecified atom stereocenters. The lowest BCUT2D eigenvalue weighted by Crippen LogP contribution is -2.32. The van der Waals surface area contributed by atoms with Crippen LogP contribution in [-0.4, -0.2) is 35.6 Å². The van der Waals surface area contributed by atoms with E-state index in [4.69, 9.17) is 4.98 Å². The van der Waals surface area contributed by atoms with Gasteiger partial charge in [0.1, 0.15) is 28.8 Å². The first-order chi connectivity index (χ1) is 14.8. The van der Waals surface area contributed by atoms with Crippen molar-refractivity contribution < 1.29 is 0 Å². The van der Waals surface area contributed by atoms with E-state index in [1.807, 2.05) is 30.2 Å². The molecule has 150 valence electrons. The molecular weight excluding hydrogens is 396 g/mol. The molecule has 0 bridgehead atoms. The Morgan fingerprint density at radius 2 is 2.20 bits per heavy atom. The van der Waals surface area contributed by atoms with Crippen LogP contribution < -0.4 is 4.90 Å². The molecule has 30 heavy (non-hydrogen) atoms. The Kier molecular flexibility index (Phi) is 4.77. The molecule has 1 aliphatic rings. The summed E-state index contributed by atoms with van der Waals surface area (Å²) in [7, 11) is 0. The number of aromatic nitrogens is 6. The number of pyridine rings is 1. The van der Waals surface area contributed by atoms with E-state index in [2.05, 4.69) is 42.0 Å². The largest absolute Gasteiger partial charge is 0.349 e. The highest BCUT2D eigenvalue weighted by atomic mass is 32.1. The minimum absolute atomic E-state index is 0.115. The molecule has 0 aliphatic carbocycles. The van der Waals surface area contributed by atoms with Crippen molar-refractivity contribution >= 4 is 17.2 Å². The zero-order valence-corrected chi connectivity index (χ0v) is 17.3. The van der Waals surface area contributed by atoms with Crippen LogP contribution in [-0.2, 0) is 19.5 Å². The van der Waals surface area contributed by atoms with Gasteiger partial charge in [0.15, 0.2) is 0 Å². The van der Waals surface area contributed by atoms with E-state index in [9.17, 15) is 5.26 Å². The summed E-state index contributed by atoms with van der Waals surface area (Å²) in [6.07, 6.45) is 9.98. The second-order valence-corrected chi connectivity index (χ2v) is 7.97. The van der Waals surface area contributed by atoms with Gasteiger partial charge in [0.05, 0.1) is 24.1 Å². The van der Waals surface area contributed by atoms with E-state index in [0.29, 0.717) is 12.1 Å². The van der Waals surface area contributed by atoms with Gasteiger partial charge in [0.2, 0.25) is 0 Å². The second-order valence-electron chi connectivity index (χ2n) is 7.05. The average molecular weight is 417 g/mol. The van der Waals surface area contributed by atoms with Crippen molar-refractivity contribution in [3.05, 3.63) is 76.4 Å². The van der Waals surface area contributed by atoms with E-state index >= 15 is 0 Å². The summed E-state index contributed by atoms with van der Waals surface area (Å²) in [4.78, 5) is 20.5. The molecule has 0 N–H and O–H groups in total. The van der Waals surface area contributed by atoms with Crippen LogP contribution >= 0.6 is 11.3 Å². The van der Waals surface area contributed by atoms with Crippen molar-refractivity contribution in [2.45, 2.75) is 32.5 Å². The van der Waals surface area contributed by atoms with Gasteiger partial charge in [-0.2, -0.15) is 5.26 Å². The lowest BCUT2D eigenvalue weighted by atomic mass is 10.1. The zero-order chi connectivity index (χ0) is 20.5. The summed E-state index contributed by atoms with van der Waals surface area (Å²) in [5.74, 6) is 1.70. The SMILES string of the molecule is CCn1c(C(c2nccs2)n2ccnc2)nc2c1CCN(c1ncccc1C#N)C2. The second kappa shape index (κ2) is 7.72. The molecule has 4 aromatic heterocycles. The van der Waals surface area contributed by atoms with Crippen LogP contribution in [0.2, 0.25) is 0 Å². The Morgan fingerprint density at radius 3 is 2.93 bits per heavy atom.